The molecule has 0 spiro atoms. The van der Waals surface area contributed by atoms with E-state index in [9.17, 15) is 0 Å². The van der Waals surface area contributed by atoms with Gasteiger partial charge in [-0.3, -0.25) is 0 Å². The van der Waals surface area contributed by atoms with E-state index in [1.54, 1.807) is 0 Å². The molecule has 86 valence electrons. The Morgan fingerprint density at radius 1 is 1.13 bits per heavy atom. The Balaban J connectivity index is 2.12. The molecule has 0 fully saturated rings. The molecule has 1 aromatic heterocycles. The lowest BCUT2D eigenvalue weighted by Gasteiger charge is -2.04. The maximum atomic E-state index is 5.45. The predicted octanol–water partition coefficient (Wildman–Crippen LogP) is 1.99. The second-order valence-corrected chi connectivity index (χ2v) is 3.87. The van der Waals surface area contributed by atoms with E-state index in [0.29, 0.717) is 0 Å². The molecule has 0 saturated carbocycles. The third-order valence-electron chi connectivity index (χ3n) is 2.36. The lowest BCUT2D eigenvalue weighted by molar-refractivity contribution is 0.498. The summed E-state index contributed by atoms with van der Waals surface area (Å²) in [5, 5.41) is 6.75. The largest absolute Gasteiger partial charge is 0.466 e. The fourth-order valence-electron chi connectivity index (χ4n) is 1.56. The summed E-state index contributed by atoms with van der Waals surface area (Å²) in [6.07, 6.45) is 1.19. The highest BCUT2D eigenvalue weighted by Crippen LogP contribution is 2.12. The first kappa shape index (κ1) is 12.3. The molecule has 0 unspecified atom stereocenters. The van der Waals surface area contributed by atoms with Crippen molar-refractivity contribution < 1.29 is 4.42 Å². The average molecular weight is 210 g/mol. The molecule has 0 amide bonds. The van der Waals surface area contributed by atoms with Gasteiger partial charge < -0.3 is 15.1 Å². The van der Waals surface area contributed by atoms with E-state index in [1.807, 2.05) is 13.8 Å². The van der Waals surface area contributed by atoms with Crippen molar-refractivity contribution in [1.82, 2.24) is 10.6 Å². The van der Waals surface area contributed by atoms with E-state index in [2.05, 4.69) is 23.6 Å². The van der Waals surface area contributed by atoms with Crippen LogP contribution in [0.3, 0.4) is 0 Å². The minimum Gasteiger partial charge on any atom is -0.466 e. The molecule has 1 rings (SSSR count). The third kappa shape index (κ3) is 4.49. The lowest BCUT2D eigenvalue weighted by Crippen LogP contribution is -2.27. The van der Waals surface area contributed by atoms with Crippen LogP contribution < -0.4 is 10.6 Å². The molecule has 0 aliphatic heterocycles. The zero-order valence-corrected chi connectivity index (χ0v) is 10.0. The van der Waals surface area contributed by atoms with Gasteiger partial charge in [-0.05, 0) is 32.9 Å². The zero-order chi connectivity index (χ0) is 11.1. The summed E-state index contributed by atoms with van der Waals surface area (Å²) < 4.78 is 5.45. The van der Waals surface area contributed by atoms with Crippen molar-refractivity contribution in [2.45, 2.75) is 33.7 Å². The van der Waals surface area contributed by atoms with Crippen molar-refractivity contribution >= 4 is 0 Å². The fraction of sp³-hybridized carbons (Fsp3) is 0.667. The van der Waals surface area contributed by atoms with Crippen LogP contribution in [0.1, 0.15) is 30.4 Å². The molecule has 0 aliphatic carbocycles. The van der Waals surface area contributed by atoms with Crippen LogP contribution in [0.2, 0.25) is 0 Å². The van der Waals surface area contributed by atoms with E-state index in [4.69, 9.17) is 4.42 Å². The molecule has 1 heterocycles. The average Bonchev–Trinajstić information content (AvgIpc) is 2.51. The van der Waals surface area contributed by atoms with Gasteiger partial charge in [-0.15, -0.1) is 0 Å². The van der Waals surface area contributed by atoms with Crippen molar-refractivity contribution in [2.24, 2.45) is 0 Å². The molecule has 0 radical (unpaired) electrons. The molecule has 0 aliphatic rings. The Bertz CT molecular complexity index is 281. The molecule has 3 heteroatoms. The molecule has 0 aromatic carbocycles. The van der Waals surface area contributed by atoms with Gasteiger partial charge in [0.05, 0.1) is 0 Å². The SMILES string of the molecule is CCCNCCNCc1cc(C)oc1C. The van der Waals surface area contributed by atoms with Crippen molar-refractivity contribution in [3.8, 4) is 0 Å². The van der Waals surface area contributed by atoms with E-state index in [-0.39, 0.29) is 0 Å². The Kier molecular flexibility index (Phi) is 5.43. The summed E-state index contributed by atoms with van der Waals surface area (Å²) in [5.41, 5.74) is 1.27. The molecule has 3 nitrogen and oxygen atoms in total. The maximum absolute atomic E-state index is 5.45. The van der Waals surface area contributed by atoms with Gasteiger partial charge in [0.15, 0.2) is 0 Å². The third-order valence-corrected chi connectivity index (χ3v) is 2.36. The van der Waals surface area contributed by atoms with Gasteiger partial charge in [-0.2, -0.15) is 0 Å². The standard InChI is InChI=1S/C12H22N2O/c1-4-5-13-6-7-14-9-12-8-10(2)15-11(12)3/h8,13-14H,4-7,9H2,1-3H3. The van der Waals surface area contributed by atoms with Crippen LogP contribution in [-0.4, -0.2) is 19.6 Å². The van der Waals surface area contributed by atoms with E-state index >= 15 is 0 Å². The molecule has 15 heavy (non-hydrogen) atoms. The van der Waals surface area contributed by atoms with Crippen LogP contribution in [0, 0.1) is 13.8 Å². The first-order valence-electron chi connectivity index (χ1n) is 5.71. The minimum atomic E-state index is 0.900. The smallest absolute Gasteiger partial charge is 0.105 e. The summed E-state index contributed by atoms with van der Waals surface area (Å²) in [4.78, 5) is 0. The highest BCUT2D eigenvalue weighted by Gasteiger charge is 2.02. The first-order valence-corrected chi connectivity index (χ1v) is 5.71. The summed E-state index contributed by atoms with van der Waals surface area (Å²) >= 11 is 0. The summed E-state index contributed by atoms with van der Waals surface area (Å²) in [6, 6.07) is 2.10. The Labute approximate surface area is 92.2 Å². The fourth-order valence-corrected chi connectivity index (χ4v) is 1.56. The summed E-state index contributed by atoms with van der Waals surface area (Å²) in [7, 11) is 0. The molecular formula is C12H22N2O. The normalized spacial score (nSPS) is 10.9. The van der Waals surface area contributed by atoms with Crippen molar-refractivity contribution in [1.29, 1.82) is 0 Å². The summed E-state index contributed by atoms with van der Waals surface area (Å²) in [5.74, 6) is 2.02. The molecule has 0 atom stereocenters. The monoisotopic (exact) mass is 210 g/mol. The topological polar surface area (TPSA) is 37.2 Å². The second kappa shape index (κ2) is 6.64. The lowest BCUT2D eigenvalue weighted by atomic mass is 10.2. The highest BCUT2D eigenvalue weighted by molar-refractivity contribution is 5.19. The van der Waals surface area contributed by atoms with E-state index in [1.165, 1.54) is 12.0 Å². The van der Waals surface area contributed by atoms with Crippen LogP contribution in [0.5, 0.6) is 0 Å². The Hall–Kier alpha value is -0.800. The molecule has 2 N–H and O–H groups in total. The van der Waals surface area contributed by atoms with Crippen LogP contribution in [-0.2, 0) is 6.54 Å². The van der Waals surface area contributed by atoms with E-state index < -0.39 is 0 Å². The van der Waals surface area contributed by atoms with Gasteiger partial charge in [0.25, 0.3) is 0 Å². The van der Waals surface area contributed by atoms with Gasteiger partial charge in [-0.25, -0.2) is 0 Å². The van der Waals surface area contributed by atoms with Crippen molar-refractivity contribution in [3.63, 3.8) is 0 Å². The number of aryl methyl sites for hydroxylation is 2. The zero-order valence-electron chi connectivity index (χ0n) is 10.0. The number of furan rings is 1. The molecular weight excluding hydrogens is 188 g/mol. The number of hydrogen-bond donors (Lipinski definition) is 2. The predicted molar refractivity (Wildman–Crippen MR) is 63.0 cm³/mol. The minimum absolute atomic E-state index is 0.900. The second-order valence-electron chi connectivity index (χ2n) is 3.87. The van der Waals surface area contributed by atoms with Crippen LogP contribution >= 0.6 is 0 Å². The Morgan fingerprint density at radius 2 is 1.87 bits per heavy atom. The summed E-state index contributed by atoms with van der Waals surface area (Å²) in [6.45, 7) is 10.2. The number of nitrogens with one attached hydrogen (secondary N) is 2. The molecule has 0 bridgehead atoms. The Morgan fingerprint density at radius 3 is 2.47 bits per heavy atom. The van der Waals surface area contributed by atoms with Crippen LogP contribution in [0.25, 0.3) is 0 Å². The molecule has 1 aromatic rings. The van der Waals surface area contributed by atoms with Gasteiger partial charge in [0.2, 0.25) is 0 Å². The van der Waals surface area contributed by atoms with Crippen molar-refractivity contribution in [2.75, 3.05) is 19.6 Å². The van der Waals surface area contributed by atoms with Gasteiger partial charge in [-0.1, -0.05) is 6.92 Å². The van der Waals surface area contributed by atoms with Gasteiger partial charge >= 0.3 is 0 Å². The quantitative estimate of drug-likeness (QED) is 0.676. The number of rotatable bonds is 7. The van der Waals surface area contributed by atoms with Crippen LogP contribution in [0.4, 0.5) is 0 Å². The molecule has 0 saturated heterocycles. The highest BCUT2D eigenvalue weighted by atomic mass is 16.3. The van der Waals surface area contributed by atoms with Crippen molar-refractivity contribution in [3.05, 3.63) is 23.2 Å². The maximum Gasteiger partial charge on any atom is 0.105 e. The number of hydrogen-bond acceptors (Lipinski definition) is 3. The first-order chi connectivity index (χ1) is 7.24. The van der Waals surface area contributed by atoms with Gasteiger partial charge in [0.1, 0.15) is 11.5 Å². The van der Waals surface area contributed by atoms with E-state index in [0.717, 1.165) is 37.7 Å². The van der Waals surface area contributed by atoms with Gasteiger partial charge in [0, 0.05) is 25.2 Å². The van der Waals surface area contributed by atoms with Crippen LogP contribution in [0.15, 0.2) is 10.5 Å².